The van der Waals surface area contributed by atoms with Gasteiger partial charge in [-0.15, -0.1) is 11.3 Å². The van der Waals surface area contributed by atoms with Gasteiger partial charge in [0.15, 0.2) is 0 Å². The van der Waals surface area contributed by atoms with Crippen LogP contribution in [0.2, 0.25) is 0 Å². The van der Waals surface area contributed by atoms with E-state index in [9.17, 15) is 14.7 Å². The smallest absolute Gasteiger partial charge is 0.304 e. The number of hydrogen-bond donors (Lipinski definition) is 2. The number of benzene rings is 1. The highest BCUT2D eigenvalue weighted by Crippen LogP contribution is 2.40. The molecule has 0 radical (unpaired) electrons. The fourth-order valence-electron chi connectivity index (χ4n) is 4.06. The Morgan fingerprint density at radius 2 is 1.97 bits per heavy atom. The standard InChI is InChI=1S/C21H22N4O3S/c1-13-16(11-25(2)24-13)17-12-29-18(23-17)10-22-20(28)21(9-19(26)27)7-14-5-3-4-6-15(14)8-21/h3-6,11-12H,7-10H2,1-2H3,(H,22,28)(H,26,27). The van der Waals surface area contributed by atoms with E-state index in [0.717, 1.165) is 33.1 Å². The van der Waals surface area contributed by atoms with Crippen molar-refractivity contribution in [1.29, 1.82) is 0 Å². The number of aliphatic carboxylic acids is 1. The SMILES string of the molecule is Cc1nn(C)cc1-c1csc(CNC(=O)C2(CC(=O)O)Cc3ccccc3C2)n1. The number of thiazole rings is 1. The largest absolute Gasteiger partial charge is 0.481 e. The zero-order valence-corrected chi connectivity index (χ0v) is 17.1. The first kappa shape index (κ1) is 19.3. The highest BCUT2D eigenvalue weighted by molar-refractivity contribution is 7.09. The van der Waals surface area contributed by atoms with E-state index in [0.29, 0.717) is 12.8 Å². The first-order valence-corrected chi connectivity index (χ1v) is 10.3. The molecular weight excluding hydrogens is 388 g/mol. The summed E-state index contributed by atoms with van der Waals surface area (Å²) in [7, 11) is 1.87. The number of nitrogens with one attached hydrogen (secondary N) is 1. The zero-order valence-electron chi connectivity index (χ0n) is 16.3. The van der Waals surface area contributed by atoms with Crippen molar-refractivity contribution in [3.8, 4) is 11.3 Å². The third kappa shape index (κ3) is 3.80. The number of carbonyl (C=O) groups excluding carboxylic acids is 1. The summed E-state index contributed by atoms with van der Waals surface area (Å²) in [5.41, 5.74) is 3.85. The summed E-state index contributed by atoms with van der Waals surface area (Å²) in [5, 5.41) is 19.4. The van der Waals surface area contributed by atoms with E-state index in [4.69, 9.17) is 0 Å². The molecule has 29 heavy (non-hydrogen) atoms. The third-order valence-electron chi connectivity index (χ3n) is 5.39. The van der Waals surface area contributed by atoms with Gasteiger partial charge < -0.3 is 10.4 Å². The summed E-state index contributed by atoms with van der Waals surface area (Å²) in [4.78, 5) is 29.2. The van der Waals surface area contributed by atoms with Gasteiger partial charge in [-0.1, -0.05) is 24.3 Å². The lowest BCUT2D eigenvalue weighted by molar-refractivity contribution is -0.145. The summed E-state index contributed by atoms with van der Waals surface area (Å²) in [6.45, 7) is 2.21. The van der Waals surface area contributed by atoms with Crippen molar-refractivity contribution >= 4 is 23.2 Å². The van der Waals surface area contributed by atoms with E-state index >= 15 is 0 Å². The van der Waals surface area contributed by atoms with Crippen LogP contribution >= 0.6 is 11.3 Å². The summed E-state index contributed by atoms with van der Waals surface area (Å²) < 4.78 is 1.75. The third-order valence-corrected chi connectivity index (χ3v) is 6.24. The number of carboxylic acid groups (broad SMARTS) is 1. The van der Waals surface area contributed by atoms with Crippen LogP contribution in [0.3, 0.4) is 0 Å². The van der Waals surface area contributed by atoms with E-state index in [1.54, 1.807) is 4.68 Å². The van der Waals surface area contributed by atoms with E-state index in [2.05, 4.69) is 15.4 Å². The van der Waals surface area contributed by atoms with E-state index in [-0.39, 0.29) is 18.9 Å². The maximum absolute atomic E-state index is 13.1. The highest BCUT2D eigenvalue weighted by atomic mass is 32.1. The summed E-state index contributed by atoms with van der Waals surface area (Å²) in [6.07, 6.45) is 2.62. The van der Waals surface area contributed by atoms with Crippen molar-refractivity contribution in [1.82, 2.24) is 20.1 Å². The minimum atomic E-state index is -0.962. The van der Waals surface area contributed by atoms with Crippen LogP contribution in [0.25, 0.3) is 11.3 Å². The second-order valence-electron chi connectivity index (χ2n) is 7.58. The van der Waals surface area contributed by atoms with Crippen molar-refractivity contribution in [3.63, 3.8) is 0 Å². The van der Waals surface area contributed by atoms with Crippen molar-refractivity contribution in [2.24, 2.45) is 12.5 Å². The number of carbonyl (C=O) groups is 2. The summed E-state index contributed by atoms with van der Waals surface area (Å²) >= 11 is 1.47. The number of rotatable bonds is 6. The molecule has 0 spiro atoms. The van der Waals surface area contributed by atoms with Gasteiger partial charge in [-0.25, -0.2) is 4.98 Å². The van der Waals surface area contributed by atoms with Crippen LogP contribution in [0.4, 0.5) is 0 Å². The maximum atomic E-state index is 13.1. The Morgan fingerprint density at radius 1 is 1.28 bits per heavy atom. The average Bonchev–Trinajstić information content (AvgIpc) is 3.35. The molecule has 3 aromatic rings. The molecule has 2 N–H and O–H groups in total. The summed E-state index contributed by atoms with van der Waals surface area (Å²) in [5.74, 6) is -1.19. The number of fused-ring (bicyclic) bond motifs is 1. The first-order valence-electron chi connectivity index (χ1n) is 9.38. The number of hydrogen-bond acceptors (Lipinski definition) is 5. The molecule has 0 aliphatic heterocycles. The van der Waals surface area contributed by atoms with Crippen molar-refractivity contribution in [2.45, 2.75) is 32.7 Å². The number of aromatic nitrogens is 3. The van der Waals surface area contributed by atoms with Crippen LogP contribution in [0.5, 0.6) is 0 Å². The van der Waals surface area contributed by atoms with Gasteiger partial charge in [0.2, 0.25) is 5.91 Å². The Kier molecular flexibility index (Phi) is 4.96. The fraction of sp³-hybridized carbons (Fsp3) is 0.333. The maximum Gasteiger partial charge on any atom is 0.304 e. The molecular formula is C21H22N4O3S. The molecule has 4 rings (SSSR count). The molecule has 0 saturated heterocycles. The predicted octanol–water partition coefficient (Wildman–Crippen LogP) is 2.73. The highest BCUT2D eigenvalue weighted by Gasteiger charge is 2.45. The quantitative estimate of drug-likeness (QED) is 0.651. The molecule has 150 valence electrons. The molecule has 0 unspecified atom stereocenters. The minimum absolute atomic E-state index is 0.189. The van der Waals surface area contributed by atoms with E-state index < -0.39 is 11.4 Å². The molecule has 2 aromatic heterocycles. The van der Waals surface area contributed by atoms with Gasteiger partial charge in [0, 0.05) is 24.2 Å². The van der Waals surface area contributed by atoms with E-state index in [1.807, 2.05) is 49.8 Å². The molecule has 1 aliphatic carbocycles. The van der Waals surface area contributed by atoms with Crippen LogP contribution in [0.1, 0.15) is 28.2 Å². The van der Waals surface area contributed by atoms with Gasteiger partial charge in [0.25, 0.3) is 0 Å². The van der Waals surface area contributed by atoms with Crippen LogP contribution in [-0.2, 0) is 36.0 Å². The molecule has 0 bridgehead atoms. The Bertz CT molecular complexity index is 1060. The van der Waals surface area contributed by atoms with Crippen LogP contribution in [-0.4, -0.2) is 31.7 Å². The van der Waals surface area contributed by atoms with Crippen LogP contribution < -0.4 is 5.32 Å². The lowest BCUT2D eigenvalue weighted by Crippen LogP contribution is -2.43. The topological polar surface area (TPSA) is 97.1 Å². The van der Waals surface area contributed by atoms with Gasteiger partial charge in [-0.05, 0) is 30.9 Å². The van der Waals surface area contributed by atoms with Gasteiger partial charge in [-0.2, -0.15) is 5.10 Å². The van der Waals surface area contributed by atoms with Crippen LogP contribution in [0, 0.1) is 12.3 Å². The Balaban J connectivity index is 1.48. The molecule has 8 heteroatoms. The minimum Gasteiger partial charge on any atom is -0.481 e. The average molecular weight is 410 g/mol. The van der Waals surface area contributed by atoms with Crippen molar-refractivity contribution < 1.29 is 14.7 Å². The Morgan fingerprint density at radius 3 is 2.55 bits per heavy atom. The fourth-order valence-corrected chi connectivity index (χ4v) is 4.79. The van der Waals surface area contributed by atoms with Crippen molar-refractivity contribution in [3.05, 3.63) is 57.7 Å². The molecule has 2 heterocycles. The number of nitrogens with zero attached hydrogens (tertiary/aromatic N) is 3. The van der Waals surface area contributed by atoms with Gasteiger partial charge in [-0.3, -0.25) is 14.3 Å². The van der Waals surface area contributed by atoms with E-state index in [1.165, 1.54) is 11.3 Å². The predicted molar refractivity (Wildman–Crippen MR) is 109 cm³/mol. The molecule has 1 aliphatic rings. The normalized spacial score (nSPS) is 14.6. The monoisotopic (exact) mass is 410 g/mol. The number of carboxylic acids is 1. The molecule has 1 aromatic carbocycles. The molecule has 0 atom stereocenters. The lowest BCUT2D eigenvalue weighted by Gasteiger charge is -2.25. The summed E-state index contributed by atoms with van der Waals surface area (Å²) in [6, 6.07) is 7.78. The van der Waals surface area contributed by atoms with Gasteiger partial charge in [0.1, 0.15) is 5.01 Å². The van der Waals surface area contributed by atoms with Crippen LogP contribution in [0.15, 0.2) is 35.8 Å². The first-order chi connectivity index (χ1) is 13.9. The second-order valence-corrected chi connectivity index (χ2v) is 8.53. The molecule has 0 fully saturated rings. The molecule has 0 saturated carbocycles. The zero-order chi connectivity index (χ0) is 20.6. The number of aryl methyl sites for hydroxylation is 2. The van der Waals surface area contributed by atoms with Crippen molar-refractivity contribution in [2.75, 3.05) is 0 Å². The van der Waals surface area contributed by atoms with Gasteiger partial charge >= 0.3 is 5.97 Å². The molecule has 1 amide bonds. The lowest BCUT2D eigenvalue weighted by atomic mass is 9.80. The van der Waals surface area contributed by atoms with Gasteiger partial charge in [0.05, 0.1) is 29.8 Å². The Hall–Kier alpha value is -3.00. The number of amides is 1. The second kappa shape index (κ2) is 7.44. The Labute approximate surface area is 172 Å². The molecule has 7 nitrogen and oxygen atoms in total.